The summed E-state index contributed by atoms with van der Waals surface area (Å²) >= 11 is 0. The van der Waals surface area contributed by atoms with Gasteiger partial charge in [-0.2, -0.15) is 0 Å². The van der Waals surface area contributed by atoms with Crippen molar-refractivity contribution in [3.05, 3.63) is 0 Å². The molecule has 4 N–H and O–H groups in total. The van der Waals surface area contributed by atoms with Crippen LogP contribution in [-0.4, -0.2) is 58.2 Å². The fourth-order valence-electron chi connectivity index (χ4n) is 0.979. The van der Waals surface area contributed by atoms with Crippen molar-refractivity contribution in [2.75, 3.05) is 13.2 Å². The fraction of sp³-hybridized carbons (Fsp3) is 0.800. The van der Waals surface area contributed by atoms with Gasteiger partial charge in [0.05, 0.1) is 13.2 Å². The number of aliphatic hydroxyl groups excluding tert-OH is 2. The molecule has 0 saturated carbocycles. The number of aliphatic hydroxyl groups is 4. The summed E-state index contributed by atoms with van der Waals surface area (Å²) < 4.78 is 9.00. The number of carbonyl (C=O) groups excluding carboxylic acids is 2. The second kappa shape index (κ2) is 9.77. The molecule has 0 bridgehead atoms. The molecule has 0 radical (unpaired) electrons. The van der Waals surface area contributed by atoms with Gasteiger partial charge >= 0.3 is 11.9 Å². The first-order valence-corrected chi connectivity index (χ1v) is 5.49. The van der Waals surface area contributed by atoms with Crippen molar-refractivity contribution >= 4 is 11.9 Å². The summed E-state index contributed by atoms with van der Waals surface area (Å²) in [4.78, 5) is 22.0. The summed E-state index contributed by atoms with van der Waals surface area (Å²) in [5.74, 6) is -2.32. The number of hydrogen-bond acceptors (Lipinski definition) is 8. The topological polar surface area (TPSA) is 134 Å². The lowest BCUT2D eigenvalue weighted by molar-refractivity contribution is -0.168. The number of rotatable bonds is 8. The highest BCUT2D eigenvalue weighted by molar-refractivity contribution is 6.29. The lowest BCUT2D eigenvalue weighted by atomic mass is 10.3. The Kier molecular flexibility index (Phi) is 9.11. The maximum Gasteiger partial charge on any atom is 0.417 e. The van der Waals surface area contributed by atoms with Gasteiger partial charge in [-0.15, -0.1) is 0 Å². The van der Waals surface area contributed by atoms with Gasteiger partial charge in [-0.3, -0.25) is 0 Å². The monoisotopic (exact) mass is 266 g/mol. The molecule has 0 atom stereocenters. The Morgan fingerprint density at radius 2 is 1.11 bits per heavy atom. The van der Waals surface area contributed by atoms with Crippen LogP contribution >= 0.6 is 0 Å². The summed E-state index contributed by atoms with van der Waals surface area (Å²) in [7, 11) is 0. The highest BCUT2D eigenvalue weighted by Crippen LogP contribution is 1.97. The summed E-state index contributed by atoms with van der Waals surface area (Å²) in [6.07, 6.45) is -2.44. The third-order valence-electron chi connectivity index (χ3n) is 1.85. The molecular weight excluding hydrogens is 248 g/mol. The molecule has 0 saturated heterocycles. The summed E-state index contributed by atoms with van der Waals surface area (Å²) in [6.45, 7) is -0.220. The van der Waals surface area contributed by atoms with E-state index in [2.05, 4.69) is 9.47 Å². The summed E-state index contributed by atoms with van der Waals surface area (Å²) in [5.41, 5.74) is 0. The highest BCUT2D eigenvalue weighted by atomic mass is 16.6. The minimum atomic E-state index is -1.47. The molecule has 0 aliphatic rings. The Morgan fingerprint density at radius 3 is 1.39 bits per heavy atom. The maximum absolute atomic E-state index is 11.0. The smallest absolute Gasteiger partial charge is 0.417 e. The molecule has 0 spiro atoms. The van der Waals surface area contributed by atoms with Gasteiger partial charge in [0, 0.05) is 12.8 Å². The van der Waals surface area contributed by atoms with Crippen LogP contribution in [0.4, 0.5) is 0 Å². The molecule has 0 aromatic carbocycles. The third-order valence-corrected chi connectivity index (χ3v) is 1.85. The van der Waals surface area contributed by atoms with E-state index < -0.39 is 24.5 Å². The summed E-state index contributed by atoms with van der Waals surface area (Å²) in [6, 6.07) is 0. The van der Waals surface area contributed by atoms with Gasteiger partial charge in [-0.05, 0) is 12.8 Å². The van der Waals surface area contributed by atoms with E-state index >= 15 is 0 Å². The van der Waals surface area contributed by atoms with Gasteiger partial charge in [-0.25, -0.2) is 9.59 Å². The van der Waals surface area contributed by atoms with E-state index in [-0.39, 0.29) is 38.9 Å². The van der Waals surface area contributed by atoms with Crippen LogP contribution in [0.2, 0.25) is 0 Å². The number of esters is 2. The molecule has 0 aliphatic heterocycles. The van der Waals surface area contributed by atoms with E-state index in [0.29, 0.717) is 0 Å². The molecule has 0 aliphatic carbocycles. The van der Waals surface area contributed by atoms with Crippen molar-refractivity contribution < 1.29 is 39.5 Å². The standard InChI is InChI=1S/C10H18O8/c11-7(12)3-1-5-17-9(15)10(16)18-6-2-4-8(13)14/h7-8,11-14H,1-6H2. The molecule has 0 unspecified atom stereocenters. The largest absolute Gasteiger partial charge is 0.457 e. The van der Waals surface area contributed by atoms with Crippen LogP contribution in [0.15, 0.2) is 0 Å². The average molecular weight is 266 g/mol. The Morgan fingerprint density at radius 1 is 0.778 bits per heavy atom. The van der Waals surface area contributed by atoms with E-state index in [1.807, 2.05) is 0 Å². The first-order valence-electron chi connectivity index (χ1n) is 5.49. The van der Waals surface area contributed by atoms with Gasteiger partial charge in [0.1, 0.15) is 0 Å². The van der Waals surface area contributed by atoms with Gasteiger partial charge in [0.15, 0.2) is 12.6 Å². The Bertz CT molecular complexity index is 224. The average Bonchev–Trinajstić information content (AvgIpc) is 2.29. The molecule has 0 heterocycles. The molecule has 106 valence electrons. The van der Waals surface area contributed by atoms with Gasteiger partial charge in [-0.1, -0.05) is 0 Å². The maximum atomic E-state index is 11.0. The molecular formula is C10H18O8. The lowest BCUT2D eigenvalue weighted by Crippen LogP contribution is -2.22. The first-order chi connectivity index (χ1) is 8.43. The van der Waals surface area contributed by atoms with E-state index in [1.165, 1.54) is 0 Å². The molecule has 0 aromatic heterocycles. The van der Waals surface area contributed by atoms with Crippen LogP contribution < -0.4 is 0 Å². The molecule has 0 amide bonds. The zero-order valence-electron chi connectivity index (χ0n) is 9.82. The van der Waals surface area contributed by atoms with Crippen molar-refractivity contribution in [3.63, 3.8) is 0 Å². The van der Waals surface area contributed by atoms with Crippen LogP contribution in [0.25, 0.3) is 0 Å². The normalized spacial score (nSPS) is 10.8. The van der Waals surface area contributed by atoms with Crippen molar-refractivity contribution in [1.82, 2.24) is 0 Å². The van der Waals surface area contributed by atoms with Crippen molar-refractivity contribution in [2.24, 2.45) is 0 Å². The molecule has 0 rings (SSSR count). The number of carbonyl (C=O) groups is 2. The zero-order chi connectivity index (χ0) is 14.0. The second-order valence-electron chi connectivity index (χ2n) is 3.52. The van der Waals surface area contributed by atoms with Crippen LogP contribution in [-0.2, 0) is 19.1 Å². The quantitative estimate of drug-likeness (QED) is 0.176. The first kappa shape index (κ1) is 16.8. The highest BCUT2D eigenvalue weighted by Gasteiger charge is 2.17. The van der Waals surface area contributed by atoms with E-state index in [0.717, 1.165) is 0 Å². The number of ether oxygens (including phenoxy) is 2. The zero-order valence-corrected chi connectivity index (χ0v) is 9.82. The summed E-state index contributed by atoms with van der Waals surface area (Å²) in [5, 5.41) is 34.0. The van der Waals surface area contributed by atoms with Crippen LogP contribution in [0, 0.1) is 0 Å². The van der Waals surface area contributed by atoms with Crippen molar-refractivity contribution in [1.29, 1.82) is 0 Å². The Balaban J connectivity index is 3.55. The lowest BCUT2D eigenvalue weighted by Gasteiger charge is -2.06. The van der Waals surface area contributed by atoms with Crippen LogP contribution in [0.3, 0.4) is 0 Å². The Labute approximate surface area is 104 Å². The molecule has 8 heteroatoms. The van der Waals surface area contributed by atoms with E-state index in [4.69, 9.17) is 20.4 Å². The van der Waals surface area contributed by atoms with Gasteiger partial charge in [0.2, 0.25) is 0 Å². The van der Waals surface area contributed by atoms with Gasteiger partial charge in [0.25, 0.3) is 0 Å². The Hall–Kier alpha value is -1.22. The fourth-order valence-corrected chi connectivity index (χ4v) is 0.979. The van der Waals surface area contributed by atoms with Gasteiger partial charge < -0.3 is 29.9 Å². The van der Waals surface area contributed by atoms with E-state index in [1.54, 1.807) is 0 Å². The third kappa shape index (κ3) is 9.97. The van der Waals surface area contributed by atoms with E-state index in [9.17, 15) is 9.59 Å². The SMILES string of the molecule is O=C(OCCCC(O)O)C(=O)OCCCC(O)O. The minimum absolute atomic E-state index is 0.0384. The number of hydrogen-bond donors (Lipinski definition) is 4. The predicted molar refractivity (Wildman–Crippen MR) is 56.8 cm³/mol. The molecule has 18 heavy (non-hydrogen) atoms. The minimum Gasteiger partial charge on any atom is -0.457 e. The molecule has 0 fully saturated rings. The second-order valence-corrected chi connectivity index (χ2v) is 3.52. The molecule has 8 nitrogen and oxygen atoms in total. The molecule has 0 aromatic rings. The van der Waals surface area contributed by atoms with Crippen molar-refractivity contribution in [2.45, 2.75) is 38.3 Å². The van der Waals surface area contributed by atoms with Crippen molar-refractivity contribution in [3.8, 4) is 0 Å². The predicted octanol–water partition coefficient (Wildman–Crippen LogP) is -1.75. The van der Waals surface area contributed by atoms with Crippen LogP contribution in [0.5, 0.6) is 0 Å². The van der Waals surface area contributed by atoms with Crippen LogP contribution in [0.1, 0.15) is 25.7 Å².